The molecule has 0 aromatic heterocycles. The zero-order valence-corrected chi connectivity index (χ0v) is 12.4. The van der Waals surface area contributed by atoms with Gasteiger partial charge in [-0.25, -0.2) is 8.42 Å². The van der Waals surface area contributed by atoms with E-state index in [1.165, 1.54) is 11.8 Å². The zero-order chi connectivity index (χ0) is 14.3. The fourth-order valence-corrected chi connectivity index (χ4v) is 4.77. The molecule has 1 aliphatic carbocycles. The third-order valence-corrected chi connectivity index (χ3v) is 5.54. The van der Waals surface area contributed by atoms with Crippen LogP contribution in [-0.4, -0.2) is 39.2 Å². The van der Waals surface area contributed by atoms with Crippen LogP contribution in [-0.2, 0) is 21.0 Å². The molecule has 1 fully saturated rings. The predicted molar refractivity (Wildman–Crippen MR) is 76.0 cm³/mol. The Kier molecular flexibility index (Phi) is 3.73. The summed E-state index contributed by atoms with van der Waals surface area (Å²) in [7, 11) is -1.63. The molecule has 0 saturated heterocycles. The van der Waals surface area contributed by atoms with Crippen molar-refractivity contribution in [2.75, 3.05) is 20.0 Å². The van der Waals surface area contributed by atoms with Gasteiger partial charge in [0, 0.05) is 19.3 Å². The molecule has 0 heterocycles. The van der Waals surface area contributed by atoms with Crippen molar-refractivity contribution in [3.63, 3.8) is 0 Å². The van der Waals surface area contributed by atoms with Crippen LogP contribution in [0, 0.1) is 0 Å². The molecular formula is C14H21NO3S. The number of sulfone groups is 1. The van der Waals surface area contributed by atoms with E-state index in [9.17, 15) is 8.42 Å². The Morgan fingerprint density at radius 2 is 1.89 bits per heavy atom. The summed E-state index contributed by atoms with van der Waals surface area (Å²) < 4.78 is 28.8. The highest BCUT2D eigenvalue weighted by Crippen LogP contribution is 2.53. The molecule has 1 aromatic rings. The summed E-state index contributed by atoms with van der Waals surface area (Å²) >= 11 is 0. The van der Waals surface area contributed by atoms with E-state index in [4.69, 9.17) is 10.5 Å². The molecular weight excluding hydrogens is 262 g/mol. The maximum absolute atomic E-state index is 11.9. The fraction of sp³-hybridized carbons (Fsp3) is 0.571. The van der Waals surface area contributed by atoms with Crippen molar-refractivity contribution in [3.8, 4) is 0 Å². The lowest BCUT2D eigenvalue weighted by Gasteiger charge is -2.10. The van der Waals surface area contributed by atoms with E-state index in [1.54, 1.807) is 7.11 Å². The maximum Gasteiger partial charge on any atom is 0.152 e. The first-order chi connectivity index (χ1) is 8.84. The zero-order valence-electron chi connectivity index (χ0n) is 11.6. The lowest BCUT2D eigenvalue weighted by atomic mass is 10.0. The minimum absolute atomic E-state index is 0.173. The Balaban J connectivity index is 2.32. The first-order valence-corrected chi connectivity index (χ1v) is 8.35. The highest BCUT2D eigenvalue weighted by molar-refractivity contribution is 7.91. The van der Waals surface area contributed by atoms with Crippen LogP contribution < -0.4 is 5.73 Å². The molecule has 0 spiro atoms. The van der Waals surface area contributed by atoms with E-state index >= 15 is 0 Å². The second kappa shape index (κ2) is 4.89. The largest absolute Gasteiger partial charge is 0.383 e. The fourth-order valence-electron chi connectivity index (χ4n) is 2.94. The number of rotatable bonds is 5. The van der Waals surface area contributed by atoms with Crippen molar-refractivity contribution in [3.05, 3.63) is 35.4 Å². The normalized spacial score (nSPS) is 30.3. The number of ether oxygens (including phenoxy) is 1. The summed E-state index contributed by atoms with van der Waals surface area (Å²) in [6.07, 6.45) is 2.21. The van der Waals surface area contributed by atoms with Gasteiger partial charge in [0.1, 0.15) is 0 Å². The van der Waals surface area contributed by atoms with E-state index in [0.717, 1.165) is 12.0 Å². The van der Waals surface area contributed by atoms with E-state index in [-0.39, 0.29) is 12.5 Å². The van der Waals surface area contributed by atoms with Gasteiger partial charge in [-0.15, -0.1) is 0 Å². The first kappa shape index (κ1) is 14.5. The summed E-state index contributed by atoms with van der Waals surface area (Å²) in [6.45, 7) is 2.34. The summed E-state index contributed by atoms with van der Waals surface area (Å²) in [5.74, 6) is -0.173. The number of hydrogen-bond donors (Lipinski definition) is 1. The lowest BCUT2D eigenvalue weighted by Crippen LogP contribution is -2.35. The Hall–Kier alpha value is -0.910. The summed E-state index contributed by atoms with van der Waals surface area (Å²) in [4.78, 5) is 0. The molecule has 2 N–H and O–H groups in total. The summed E-state index contributed by atoms with van der Waals surface area (Å²) in [5.41, 5.74) is 7.64. The third kappa shape index (κ3) is 2.55. The Bertz CT molecular complexity index is 553. The topological polar surface area (TPSA) is 69.4 Å². The van der Waals surface area contributed by atoms with Gasteiger partial charge in [0.05, 0.1) is 17.4 Å². The smallest absolute Gasteiger partial charge is 0.152 e. The number of nitrogens with two attached hydrogens (primary N) is 1. The van der Waals surface area contributed by atoms with Gasteiger partial charge >= 0.3 is 0 Å². The van der Waals surface area contributed by atoms with Gasteiger partial charge < -0.3 is 10.5 Å². The Morgan fingerprint density at radius 1 is 1.32 bits per heavy atom. The molecule has 3 unspecified atom stereocenters. The molecule has 0 radical (unpaired) electrons. The molecule has 4 nitrogen and oxygen atoms in total. The second-order valence-corrected chi connectivity index (χ2v) is 7.54. The Labute approximate surface area is 114 Å². The van der Waals surface area contributed by atoms with Crippen molar-refractivity contribution in [1.29, 1.82) is 0 Å². The highest BCUT2D eigenvalue weighted by atomic mass is 32.2. The minimum Gasteiger partial charge on any atom is -0.383 e. The minimum atomic E-state index is -3.18. The first-order valence-electron chi connectivity index (χ1n) is 6.40. The van der Waals surface area contributed by atoms with Gasteiger partial charge in [0.15, 0.2) is 9.84 Å². The van der Waals surface area contributed by atoms with Crippen LogP contribution in [0.1, 0.15) is 24.0 Å². The van der Waals surface area contributed by atoms with Crippen molar-refractivity contribution >= 4 is 9.84 Å². The molecule has 3 atom stereocenters. The lowest BCUT2D eigenvalue weighted by molar-refractivity contribution is 0.171. The Morgan fingerprint density at radius 3 is 2.32 bits per heavy atom. The molecule has 5 heteroatoms. The van der Waals surface area contributed by atoms with E-state index in [1.807, 2.05) is 24.3 Å². The highest BCUT2D eigenvalue weighted by Gasteiger charge is 2.67. The van der Waals surface area contributed by atoms with Gasteiger partial charge in [0.25, 0.3) is 0 Å². The molecule has 0 amide bonds. The molecule has 2 rings (SSSR count). The van der Waals surface area contributed by atoms with Crippen LogP contribution in [0.15, 0.2) is 24.3 Å². The number of aryl methyl sites for hydroxylation is 1. The van der Waals surface area contributed by atoms with Gasteiger partial charge in [-0.3, -0.25) is 0 Å². The third-order valence-electron chi connectivity index (χ3n) is 3.91. The molecule has 1 aromatic carbocycles. The summed E-state index contributed by atoms with van der Waals surface area (Å²) in [5, 5.41) is -0.549. The van der Waals surface area contributed by atoms with Crippen LogP contribution in [0.2, 0.25) is 0 Å². The summed E-state index contributed by atoms with van der Waals surface area (Å²) in [6, 6.07) is 8.01. The molecule has 0 aliphatic heterocycles. The average molecular weight is 283 g/mol. The van der Waals surface area contributed by atoms with Crippen LogP contribution in [0.4, 0.5) is 0 Å². The molecule has 1 saturated carbocycles. The van der Waals surface area contributed by atoms with Crippen molar-refractivity contribution < 1.29 is 13.2 Å². The number of methoxy groups -OCH3 is 1. The molecule has 106 valence electrons. The second-order valence-electron chi connectivity index (χ2n) is 5.37. The van der Waals surface area contributed by atoms with Gasteiger partial charge in [-0.1, -0.05) is 31.2 Å². The van der Waals surface area contributed by atoms with Crippen LogP contribution in [0.5, 0.6) is 0 Å². The van der Waals surface area contributed by atoms with E-state index < -0.39 is 20.6 Å². The van der Waals surface area contributed by atoms with Crippen molar-refractivity contribution in [2.24, 2.45) is 5.73 Å². The van der Waals surface area contributed by atoms with Crippen molar-refractivity contribution in [1.82, 2.24) is 0 Å². The van der Waals surface area contributed by atoms with Gasteiger partial charge in [-0.2, -0.15) is 0 Å². The van der Waals surface area contributed by atoms with E-state index in [0.29, 0.717) is 0 Å². The maximum atomic E-state index is 11.9. The monoisotopic (exact) mass is 283 g/mol. The van der Waals surface area contributed by atoms with Crippen LogP contribution in [0.25, 0.3) is 0 Å². The number of benzene rings is 1. The molecule has 1 aliphatic rings. The SMILES string of the molecule is CCc1ccc(C2C(S(C)(=O)=O)C2(N)COC)cc1. The van der Waals surface area contributed by atoms with Crippen LogP contribution >= 0.6 is 0 Å². The van der Waals surface area contributed by atoms with Crippen LogP contribution in [0.3, 0.4) is 0 Å². The molecule has 0 bridgehead atoms. The quantitative estimate of drug-likeness (QED) is 0.878. The molecule has 19 heavy (non-hydrogen) atoms. The standard InChI is InChI=1S/C14H21NO3S/c1-4-10-5-7-11(8-6-10)12-13(19(3,16)17)14(12,15)9-18-2/h5-8,12-13H,4,9,15H2,1-3H3. The van der Waals surface area contributed by atoms with E-state index in [2.05, 4.69) is 6.92 Å². The van der Waals surface area contributed by atoms with Gasteiger partial charge in [0.2, 0.25) is 0 Å². The average Bonchev–Trinajstić information content (AvgIpc) is 2.96. The van der Waals surface area contributed by atoms with Crippen molar-refractivity contribution in [2.45, 2.75) is 30.1 Å². The predicted octanol–water partition coefficient (Wildman–Crippen LogP) is 1.10. The number of hydrogen-bond acceptors (Lipinski definition) is 4. The van der Waals surface area contributed by atoms with Gasteiger partial charge in [-0.05, 0) is 17.5 Å².